The Labute approximate surface area is 167 Å². The zero-order chi connectivity index (χ0) is 20.1. The van der Waals surface area contributed by atoms with Crippen molar-refractivity contribution < 1.29 is 13.2 Å². The van der Waals surface area contributed by atoms with Crippen LogP contribution in [0.15, 0.2) is 53.4 Å². The molecule has 1 saturated heterocycles. The van der Waals surface area contributed by atoms with Crippen molar-refractivity contribution in [2.75, 3.05) is 24.4 Å². The summed E-state index contributed by atoms with van der Waals surface area (Å²) in [4.78, 5) is 15.0. The Morgan fingerprint density at radius 1 is 1.18 bits per heavy atom. The van der Waals surface area contributed by atoms with Gasteiger partial charge in [-0.15, -0.1) is 0 Å². The lowest BCUT2D eigenvalue weighted by atomic mass is 10.2. The van der Waals surface area contributed by atoms with Crippen LogP contribution >= 0.6 is 0 Å². The van der Waals surface area contributed by atoms with E-state index >= 15 is 0 Å². The predicted octanol–water partition coefficient (Wildman–Crippen LogP) is 3.01. The van der Waals surface area contributed by atoms with Crippen LogP contribution in [0.3, 0.4) is 0 Å². The number of amides is 1. The van der Waals surface area contributed by atoms with E-state index in [2.05, 4.69) is 21.9 Å². The standard InChI is InChI=1S/C21H27N3O3S/c1-3-24-12-6-10-19(24)15-22-21(25)17-8-5-11-20(14-17)28(26,27)23-18-9-4-7-16(2)13-18/h4-5,7-9,11,13-14,19,23H,3,6,10,12,15H2,1-2H3,(H,22,25)/t19-/m0/s1. The van der Waals surface area contributed by atoms with Gasteiger partial charge < -0.3 is 5.32 Å². The third-order valence-corrected chi connectivity index (χ3v) is 6.46. The van der Waals surface area contributed by atoms with Crippen LogP contribution in [0.25, 0.3) is 0 Å². The highest BCUT2D eigenvalue weighted by Gasteiger charge is 2.23. The number of sulfonamides is 1. The Kier molecular flexibility index (Phi) is 6.36. The summed E-state index contributed by atoms with van der Waals surface area (Å²) in [6.07, 6.45) is 2.22. The molecule has 3 rings (SSSR count). The van der Waals surface area contributed by atoms with E-state index in [0.717, 1.165) is 31.5 Å². The lowest BCUT2D eigenvalue weighted by Gasteiger charge is -2.22. The Hall–Kier alpha value is -2.38. The highest BCUT2D eigenvalue weighted by atomic mass is 32.2. The number of aryl methyl sites for hydroxylation is 1. The topological polar surface area (TPSA) is 78.5 Å². The molecule has 1 aliphatic rings. The molecule has 0 bridgehead atoms. The minimum absolute atomic E-state index is 0.0673. The van der Waals surface area contributed by atoms with Crippen molar-refractivity contribution in [1.82, 2.24) is 10.2 Å². The van der Waals surface area contributed by atoms with Crippen LogP contribution in [0.5, 0.6) is 0 Å². The van der Waals surface area contributed by atoms with Gasteiger partial charge in [0.2, 0.25) is 0 Å². The van der Waals surface area contributed by atoms with Gasteiger partial charge in [-0.25, -0.2) is 8.42 Å². The average molecular weight is 402 g/mol. The number of carbonyl (C=O) groups excluding carboxylic acids is 1. The first-order valence-electron chi connectivity index (χ1n) is 9.61. The van der Waals surface area contributed by atoms with Gasteiger partial charge in [-0.3, -0.25) is 14.4 Å². The molecule has 7 heteroatoms. The second-order valence-electron chi connectivity index (χ2n) is 7.14. The van der Waals surface area contributed by atoms with Crippen LogP contribution in [0.1, 0.15) is 35.7 Å². The summed E-state index contributed by atoms with van der Waals surface area (Å²) < 4.78 is 27.9. The smallest absolute Gasteiger partial charge is 0.261 e. The lowest BCUT2D eigenvalue weighted by molar-refractivity contribution is 0.0941. The fourth-order valence-corrected chi connectivity index (χ4v) is 4.68. The van der Waals surface area contributed by atoms with Gasteiger partial charge in [0.15, 0.2) is 0 Å². The molecular weight excluding hydrogens is 374 g/mol. The van der Waals surface area contributed by atoms with Crippen molar-refractivity contribution in [1.29, 1.82) is 0 Å². The van der Waals surface area contributed by atoms with Gasteiger partial charge in [-0.05, 0) is 68.8 Å². The first kappa shape index (κ1) is 20.4. The molecular formula is C21H27N3O3S. The Morgan fingerprint density at radius 3 is 2.71 bits per heavy atom. The van der Waals surface area contributed by atoms with Gasteiger partial charge in [0.05, 0.1) is 4.90 Å². The van der Waals surface area contributed by atoms with Crippen molar-refractivity contribution in [2.45, 2.75) is 37.6 Å². The molecule has 0 unspecified atom stereocenters. The maximum absolute atomic E-state index is 12.7. The summed E-state index contributed by atoms with van der Waals surface area (Å²) in [5.74, 6) is -0.254. The molecule has 1 atom stereocenters. The summed E-state index contributed by atoms with van der Waals surface area (Å²) in [5, 5.41) is 2.95. The van der Waals surface area contributed by atoms with Crippen LogP contribution < -0.4 is 10.0 Å². The van der Waals surface area contributed by atoms with E-state index < -0.39 is 10.0 Å². The number of hydrogen-bond donors (Lipinski definition) is 2. The van der Waals surface area contributed by atoms with E-state index in [1.165, 1.54) is 12.1 Å². The fourth-order valence-electron chi connectivity index (χ4n) is 3.58. The highest BCUT2D eigenvalue weighted by molar-refractivity contribution is 7.92. The van der Waals surface area contributed by atoms with Crippen LogP contribution in [-0.2, 0) is 10.0 Å². The molecule has 1 fully saturated rings. The Balaban J connectivity index is 1.69. The number of hydrogen-bond acceptors (Lipinski definition) is 4. The molecule has 150 valence electrons. The number of likely N-dealkylation sites (tertiary alicyclic amines) is 1. The largest absolute Gasteiger partial charge is 0.350 e. The SMILES string of the molecule is CCN1CCC[C@H]1CNC(=O)c1cccc(S(=O)(=O)Nc2cccc(C)c2)c1. The predicted molar refractivity (Wildman–Crippen MR) is 111 cm³/mol. The van der Waals surface area contributed by atoms with Gasteiger partial charge >= 0.3 is 0 Å². The van der Waals surface area contributed by atoms with Crippen LogP contribution in [0, 0.1) is 6.92 Å². The van der Waals surface area contributed by atoms with Crippen LogP contribution in [-0.4, -0.2) is 44.9 Å². The first-order valence-corrected chi connectivity index (χ1v) is 11.1. The fraction of sp³-hybridized carbons (Fsp3) is 0.381. The van der Waals surface area contributed by atoms with E-state index in [0.29, 0.717) is 23.8 Å². The number of carbonyl (C=O) groups is 1. The number of rotatable bonds is 7. The van der Waals surface area contributed by atoms with E-state index in [4.69, 9.17) is 0 Å². The third-order valence-electron chi connectivity index (χ3n) is 5.08. The molecule has 2 aromatic rings. The van der Waals surface area contributed by atoms with Crippen molar-refractivity contribution in [3.63, 3.8) is 0 Å². The second-order valence-corrected chi connectivity index (χ2v) is 8.82. The molecule has 1 amide bonds. The minimum Gasteiger partial charge on any atom is -0.350 e. The van der Waals surface area contributed by atoms with Gasteiger partial charge in [-0.2, -0.15) is 0 Å². The third kappa shape index (κ3) is 4.91. The van der Waals surface area contributed by atoms with Crippen LogP contribution in [0.4, 0.5) is 5.69 Å². The van der Waals surface area contributed by atoms with Gasteiger partial charge in [-0.1, -0.05) is 25.1 Å². The van der Waals surface area contributed by atoms with Gasteiger partial charge in [0.25, 0.3) is 15.9 Å². The maximum Gasteiger partial charge on any atom is 0.261 e. The molecule has 0 spiro atoms. The van der Waals surface area contributed by atoms with Crippen molar-refractivity contribution in [3.05, 3.63) is 59.7 Å². The summed E-state index contributed by atoms with van der Waals surface area (Å²) in [6.45, 7) is 6.63. The maximum atomic E-state index is 12.7. The summed E-state index contributed by atoms with van der Waals surface area (Å²) >= 11 is 0. The normalized spacial score (nSPS) is 17.4. The first-order chi connectivity index (χ1) is 13.4. The molecule has 0 saturated carbocycles. The van der Waals surface area contributed by atoms with E-state index in [1.54, 1.807) is 30.3 Å². The lowest BCUT2D eigenvalue weighted by Crippen LogP contribution is -2.40. The van der Waals surface area contributed by atoms with Crippen molar-refractivity contribution in [3.8, 4) is 0 Å². The molecule has 1 aliphatic heterocycles. The molecule has 28 heavy (non-hydrogen) atoms. The van der Waals surface area contributed by atoms with E-state index in [1.807, 2.05) is 13.0 Å². The molecule has 2 N–H and O–H groups in total. The zero-order valence-electron chi connectivity index (χ0n) is 16.3. The number of likely N-dealkylation sites (N-methyl/N-ethyl adjacent to an activating group) is 1. The molecule has 2 aromatic carbocycles. The minimum atomic E-state index is -3.77. The number of nitrogens with one attached hydrogen (secondary N) is 2. The van der Waals surface area contributed by atoms with Crippen molar-refractivity contribution >= 4 is 21.6 Å². The quantitative estimate of drug-likeness (QED) is 0.748. The zero-order valence-corrected chi connectivity index (χ0v) is 17.1. The molecule has 0 radical (unpaired) electrons. The highest BCUT2D eigenvalue weighted by Crippen LogP contribution is 2.19. The van der Waals surface area contributed by atoms with E-state index in [-0.39, 0.29) is 10.8 Å². The molecule has 0 aliphatic carbocycles. The number of benzene rings is 2. The van der Waals surface area contributed by atoms with E-state index in [9.17, 15) is 13.2 Å². The van der Waals surface area contributed by atoms with Gasteiger partial charge in [0, 0.05) is 23.8 Å². The number of anilines is 1. The van der Waals surface area contributed by atoms with Crippen molar-refractivity contribution in [2.24, 2.45) is 0 Å². The average Bonchev–Trinajstić information content (AvgIpc) is 3.13. The summed E-state index contributed by atoms with van der Waals surface area (Å²) in [5.41, 5.74) is 1.80. The molecule has 0 aromatic heterocycles. The summed E-state index contributed by atoms with van der Waals surface area (Å²) in [7, 11) is -3.77. The number of nitrogens with zero attached hydrogens (tertiary/aromatic N) is 1. The molecule has 1 heterocycles. The summed E-state index contributed by atoms with van der Waals surface area (Å²) in [6, 6.07) is 13.6. The Morgan fingerprint density at radius 2 is 1.96 bits per heavy atom. The monoisotopic (exact) mass is 401 g/mol. The van der Waals surface area contributed by atoms with Gasteiger partial charge in [0.1, 0.15) is 0 Å². The van der Waals surface area contributed by atoms with Crippen LogP contribution in [0.2, 0.25) is 0 Å². The Bertz CT molecular complexity index is 943. The second kappa shape index (κ2) is 8.75. The molecule has 6 nitrogen and oxygen atoms in total.